The van der Waals surface area contributed by atoms with Gasteiger partial charge in [0.05, 0.1) is 0 Å². The van der Waals surface area contributed by atoms with E-state index in [1.807, 2.05) is 39.8 Å². The predicted octanol–water partition coefficient (Wildman–Crippen LogP) is 5.83. The van der Waals surface area contributed by atoms with Gasteiger partial charge in [-0.15, -0.1) is 0 Å². The van der Waals surface area contributed by atoms with Crippen LogP contribution in [-0.4, -0.2) is 47.5 Å². The fourth-order valence-corrected chi connectivity index (χ4v) is 4.12. The number of carbonyl (C=O) groups excluding carboxylic acids is 3. The second-order valence-corrected chi connectivity index (χ2v) is 10.9. The number of nitrogens with zero attached hydrogens (tertiary/aromatic N) is 1. The van der Waals surface area contributed by atoms with Crippen LogP contribution in [0.5, 0.6) is 0 Å². The second-order valence-electron chi connectivity index (χ2n) is 10.9. The summed E-state index contributed by atoms with van der Waals surface area (Å²) in [7, 11) is 0. The first-order valence-electron chi connectivity index (χ1n) is 13.5. The van der Waals surface area contributed by atoms with Crippen molar-refractivity contribution < 1.29 is 19.1 Å². The van der Waals surface area contributed by atoms with Crippen LogP contribution in [0.1, 0.15) is 103 Å². The van der Waals surface area contributed by atoms with Crippen LogP contribution in [0.3, 0.4) is 0 Å². The Kier molecular flexibility index (Phi) is 13.0. The molecule has 36 heavy (non-hydrogen) atoms. The molecule has 3 unspecified atom stereocenters. The van der Waals surface area contributed by atoms with Gasteiger partial charge in [0.15, 0.2) is 0 Å². The molecule has 0 aromatic heterocycles. The number of benzene rings is 1. The van der Waals surface area contributed by atoms with Crippen LogP contribution in [0, 0.1) is 19.8 Å². The maximum atomic E-state index is 14.1. The summed E-state index contributed by atoms with van der Waals surface area (Å²) < 4.78 is 5.46. The van der Waals surface area contributed by atoms with Gasteiger partial charge in [0.25, 0.3) is 0 Å². The molecule has 204 valence electrons. The maximum Gasteiger partial charge on any atom is 0.408 e. The maximum absolute atomic E-state index is 14.1. The van der Waals surface area contributed by atoms with Crippen LogP contribution < -0.4 is 10.6 Å². The lowest BCUT2D eigenvalue weighted by molar-refractivity contribution is -0.143. The summed E-state index contributed by atoms with van der Waals surface area (Å²) in [4.78, 5) is 42.1. The molecule has 0 heterocycles. The number of aryl methyl sites for hydroxylation is 2. The standard InChI is InChI=1S/C29H49N3O4/c1-10-13-15-30-26(33)25(23-18-20(4)17-21(5)19-23)32(16-14-11-2)27(34)24(22(6)12-3)31-28(35)36-29(7,8)9/h17-19,22,24-25H,10-16H2,1-9H3,(H,30,33)(H,31,35). The molecule has 3 atom stereocenters. The molecule has 0 saturated carbocycles. The van der Waals surface area contributed by atoms with E-state index >= 15 is 0 Å². The lowest BCUT2D eigenvalue weighted by Gasteiger charge is -2.36. The van der Waals surface area contributed by atoms with Crippen LogP contribution in [0.4, 0.5) is 4.79 Å². The molecule has 7 heteroatoms. The number of rotatable bonds is 13. The molecular formula is C29H49N3O4. The van der Waals surface area contributed by atoms with Crippen molar-refractivity contribution in [1.29, 1.82) is 0 Å². The van der Waals surface area contributed by atoms with E-state index in [2.05, 4.69) is 30.5 Å². The van der Waals surface area contributed by atoms with Gasteiger partial charge in [-0.1, -0.05) is 76.3 Å². The molecule has 0 radical (unpaired) electrons. The summed E-state index contributed by atoms with van der Waals surface area (Å²) in [5.74, 6) is -0.603. The Hall–Kier alpha value is -2.57. The van der Waals surface area contributed by atoms with Crippen molar-refractivity contribution in [2.75, 3.05) is 13.1 Å². The van der Waals surface area contributed by atoms with Gasteiger partial charge in [0, 0.05) is 13.1 Å². The largest absolute Gasteiger partial charge is 0.444 e. The van der Waals surface area contributed by atoms with Crippen LogP contribution >= 0.6 is 0 Å². The second kappa shape index (κ2) is 14.9. The molecule has 0 saturated heterocycles. The van der Waals surface area contributed by atoms with E-state index in [4.69, 9.17) is 4.74 Å². The first-order chi connectivity index (χ1) is 16.8. The van der Waals surface area contributed by atoms with Crippen LogP contribution in [-0.2, 0) is 14.3 Å². The van der Waals surface area contributed by atoms with Gasteiger partial charge in [-0.3, -0.25) is 9.59 Å². The third-order valence-electron chi connectivity index (χ3n) is 6.14. The van der Waals surface area contributed by atoms with Crippen molar-refractivity contribution in [3.8, 4) is 0 Å². The van der Waals surface area contributed by atoms with Gasteiger partial charge in [-0.05, 0) is 58.9 Å². The van der Waals surface area contributed by atoms with Crippen molar-refractivity contribution in [2.24, 2.45) is 5.92 Å². The molecule has 7 nitrogen and oxygen atoms in total. The van der Waals surface area contributed by atoms with Crippen molar-refractivity contribution in [1.82, 2.24) is 15.5 Å². The van der Waals surface area contributed by atoms with Crippen molar-refractivity contribution in [3.05, 3.63) is 34.9 Å². The Balaban J connectivity index is 3.51. The van der Waals surface area contributed by atoms with E-state index in [0.29, 0.717) is 19.5 Å². The highest BCUT2D eigenvalue weighted by Gasteiger charge is 2.37. The van der Waals surface area contributed by atoms with Crippen LogP contribution in [0.2, 0.25) is 0 Å². The first kappa shape index (κ1) is 31.5. The number of unbranched alkanes of at least 4 members (excludes halogenated alkanes) is 2. The van der Waals surface area contributed by atoms with Gasteiger partial charge in [-0.25, -0.2) is 4.79 Å². The van der Waals surface area contributed by atoms with Crippen LogP contribution in [0.25, 0.3) is 0 Å². The summed E-state index contributed by atoms with van der Waals surface area (Å²) in [6.07, 6.45) is 3.49. The monoisotopic (exact) mass is 503 g/mol. The van der Waals surface area contributed by atoms with Crippen molar-refractivity contribution in [3.63, 3.8) is 0 Å². The lowest BCUT2D eigenvalue weighted by Crippen LogP contribution is -2.55. The van der Waals surface area contributed by atoms with E-state index in [0.717, 1.165) is 42.4 Å². The molecule has 0 bridgehead atoms. The molecule has 0 fully saturated rings. The van der Waals surface area contributed by atoms with Crippen LogP contribution in [0.15, 0.2) is 18.2 Å². The number of nitrogens with one attached hydrogen (secondary N) is 2. The Morgan fingerprint density at radius 3 is 2.06 bits per heavy atom. The van der Waals surface area contributed by atoms with Gasteiger partial charge in [0.1, 0.15) is 17.7 Å². The minimum absolute atomic E-state index is 0.141. The fourth-order valence-electron chi connectivity index (χ4n) is 4.12. The van der Waals surface area contributed by atoms with Crippen molar-refractivity contribution >= 4 is 17.9 Å². The van der Waals surface area contributed by atoms with E-state index in [-0.39, 0.29) is 17.7 Å². The zero-order valence-corrected chi connectivity index (χ0v) is 24.0. The van der Waals surface area contributed by atoms with E-state index in [1.54, 1.807) is 25.7 Å². The zero-order chi connectivity index (χ0) is 27.5. The highest BCUT2D eigenvalue weighted by molar-refractivity contribution is 5.92. The van der Waals surface area contributed by atoms with Gasteiger partial charge in [0.2, 0.25) is 11.8 Å². The van der Waals surface area contributed by atoms with E-state index in [1.165, 1.54) is 0 Å². The fraction of sp³-hybridized carbons (Fsp3) is 0.690. The summed E-state index contributed by atoms with van der Waals surface area (Å²) >= 11 is 0. The highest BCUT2D eigenvalue weighted by atomic mass is 16.6. The topological polar surface area (TPSA) is 87.7 Å². The normalized spacial score (nSPS) is 13.9. The lowest BCUT2D eigenvalue weighted by atomic mass is 9.94. The average Bonchev–Trinajstić information content (AvgIpc) is 2.77. The molecule has 1 rings (SSSR count). The first-order valence-corrected chi connectivity index (χ1v) is 13.5. The van der Waals surface area contributed by atoms with Crippen molar-refractivity contribution in [2.45, 2.75) is 112 Å². The number of amides is 3. The Bertz CT molecular complexity index is 842. The predicted molar refractivity (Wildman–Crippen MR) is 146 cm³/mol. The summed E-state index contributed by atoms with van der Waals surface area (Å²) in [5.41, 5.74) is 2.16. The van der Waals surface area contributed by atoms with Gasteiger partial charge < -0.3 is 20.3 Å². The third-order valence-corrected chi connectivity index (χ3v) is 6.14. The number of hydrogen-bond donors (Lipinski definition) is 2. The number of hydrogen-bond acceptors (Lipinski definition) is 4. The minimum Gasteiger partial charge on any atom is -0.444 e. The molecule has 0 aliphatic carbocycles. The van der Waals surface area contributed by atoms with E-state index < -0.39 is 23.8 Å². The SMILES string of the molecule is CCCCNC(=O)C(c1cc(C)cc(C)c1)N(CCCC)C(=O)C(NC(=O)OC(C)(C)C)C(C)CC. The summed E-state index contributed by atoms with van der Waals surface area (Å²) in [5, 5.41) is 5.86. The number of carbonyl (C=O) groups is 3. The minimum atomic E-state index is -0.807. The molecule has 1 aromatic rings. The average molecular weight is 504 g/mol. The molecule has 3 amide bonds. The zero-order valence-electron chi connectivity index (χ0n) is 24.0. The van der Waals surface area contributed by atoms with Gasteiger partial charge >= 0.3 is 6.09 Å². The Morgan fingerprint density at radius 2 is 1.56 bits per heavy atom. The molecule has 1 aromatic carbocycles. The summed E-state index contributed by atoms with van der Waals surface area (Å²) in [6, 6.07) is 4.41. The smallest absolute Gasteiger partial charge is 0.408 e. The molecule has 0 spiro atoms. The Morgan fingerprint density at radius 1 is 0.972 bits per heavy atom. The summed E-state index contributed by atoms with van der Waals surface area (Å²) in [6.45, 7) is 18.4. The molecule has 0 aliphatic rings. The quantitative estimate of drug-likeness (QED) is 0.332. The molecular weight excluding hydrogens is 454 g/mol. The third kappa shape index (κ3) is 10.2. The van der Waals surface area contributed by atoms with E-state index in [9.17, 15) is 14.4 Å². The number of ether oxygens (including phenoxy) is 1. The molecule has 0 aliphatic heterocycles. The molecule has 2 N–H and O–H groups in total. The Labute approximate surface area is 218 Å². The highest BCUT2D eigenvalue weighted by Crippen LogP contribution is 2.27. The number of alkyl carbamates (subject to hydrolysis) is 1. The van der Waals surface area contributed by atoms with Gasteiger partial charge in [-0.2, -0.15) is 0 Å².